The van der Waals surface area contributed by atoms with E-state index >= 15 is 0 Å². The molecule has 0 N–H and O–H groups in total. The van der Waals surface area contributed by atoms with E-state index in [1.165, 1.54) is 19.2 Å². The summed E-state index contributed by atoms with van der Waals surface area (Å²) in [6, 6.07) is 2.70. The lowest BCUT2D eigenvalue weighted by Crippen LogP contribution is -2.28. The van der Waals surface area contributed by atoms with Crippen molar-refractivity contribution < 1.29 is 19.2 Å². The van der Waals surface area contributed by atoms with E-state index in [0.717, 1.165) is 0 Å². The lowest BCUT2D eigenvalue weighted by atomic mass is 9.87. The molecule has 1 heterocycles. The summed E-state index contributed by atoms with van der Waals surface area (Å²) in [6.07, 6.45) is 2.72. The largest absolute Gasteiger partial charge is 0.474 e. The van der Waals surface area contributed by atoms with Gasteiger partial charge in [-0.05, 0) is 25.7 Å². The number of halogens is 1. The molecule has 1 aromatic rings. The molecule has 0 bridgehead atoms. The zero-order chi connectivity index (χ0) is 15.4. The van der Waals surface area contributed by atoms with Gasteiger partial charge in [-0.25, -0.2) is 0 Å². The Labute approximate surface area is 126 Å². The van der Waals surface area contributed by atoms with Crippen molar-refractivity contribution >= 4 is 23.3 Å². The molecule has 0 radical (unpaired) electrons. The third-order valence-corrected chi connectivity index (χ3v) is 3.77. The maximum Gasteiger partial charge on any atom is 0.308 e. The molecule has 21 heavy (non-hydrogen) atoms. The third-order valence-electron chi connectivity index (χ3n) is 3.50. The van der Waals surface area contributed by atoms with Crippen LogP contribution < -0.4 is 4.74 Å². The molecule has 114 valence electrons. The summed E-state index contributed by atoms with van der Waals surface area (Å²) in [5, 5.41) is 10.5. The van der Waals surface area contributed by atoms with Gasteiger partial charge in [0, 0.05) is 12.1 Å². The van der Waals surface area contributed by atoms with Gasteiger partial charge in [-0.15, -0.1) is 0 Å². The maximum absolute atomic E-state index is 11.4. The molecule has 7 nitrogen and oxygen atoms in total. The molecular formula is C13H15ClN2O5. The van der Waals surface area contributed by atoms with E-state index in [9.17, 15) is 14.9 Å². The number of aromatic nitrogens is 1. The van der Waals surface area contributed by atoms with Crippen LogP contribution in [0.5, 0.6) is 5.88 Å². The molecule has 2 rings (SSSR count). The molecule has 1 aliphatic carbocycles. The summed E-state index contributed by atoms with van der Waals surface area (Å²) in [5.41, 5.74) is -0.251. The number of carbonyl (C=O) groups excluding carboxylic acids is 1. The molecule has 0 unspecified atom stereocenters. The van der Waals surface area contributed by atoms with E-state index in [2.05, 4.69) is 4.98 Å². The molecule has 1 aromatic heterocycles. The Bertz CT molecular complexity index is 543. The molecule has 0 aliphatic heterocycles. The molecule has 1 saturated carbocycles. The molecule has 0 atom stereocenters. The van der Waals surface area contributed by atoms with Gasteiger partial charge in [0.25, 0.3) is 0 Å². The number of methoxy groups -OCH3 is 1. The van der Waals surface area contributed by atoms with Gasteiger partial charge in [-0.3, -0.25) is 14.9 Å². The zero-order valence-electron chi connectivity index (χ0n) is 11.5. The van der Waals surface area contributed by atoms with Gasteiger partial charge in [0.1, 0.15) is 6.10 Å². The Morgan fingerprint density at radius 2 is 2.05 bits per heavy atom. The first-order valence-corrected chi connectivity index (χ1v) is 6.94. The normalized spacial score (nSPS) is 21.6. The van der Waals surface area contributed by atoms with Gasteiger partial charge in [-0.1, -0.05) is 11.6 Å². The van der Waals surface area contributed by atoms with Crippen LogP contribution in [0.25, 0.3) is 0 Å². The highest BCUT2D eigenvalue weighted by Gasteiger charge is 2.28. The minimum atomic E-state index is -0.597. The molecule has 8 heteroatoms. The van der Waals surface area contributed by atoms with Crippen LogP contribution in [0.3, 0.4) is 0 Å². The Balaban J connectivity index is 1.93. The highest BCUT2D eigenvalue weighted by molar-refractivity contribution is 6.31. The number of rotatable bonds is 4. The highest BCUT2D eigenvalue weighted by Crippen LogP contribution is 2.30. The standard InChI is InChI=1S/C13H15ClN2O5/c1-20-13(17)8-2-4-9(5-3-8)21-11-7-6-10(16(18)19)12(14)15-11/h6-9H,2-5H2,1H3/t8-,9-. The number of ether oxygens (including phenoxy) is 2. The van der Waals surface area contributed by atoms with Crippen molar-refractivity contribution in [2.45, 2.75) is 31.8 Å². The topological polar surface area (TPSA) is 91.6 Å². The molecule has 0 spiro atoms. The average Bonchev–Trinajstić information content (AvgIpc) is 2.47. The first-order valence-electron chi connectivity index (χ1n) is 6.56. The van der Waals surface area contributed by atoms with Crippen LogP contribution in [-0.4, -0.2) is 29.1 Å². The van der Waals surface area contributed by atoms with Crippen LogP contribution in [0, 0.1) is 16.0 Å². The first-order chi connectivity index (χ1) is 10.0. The van der Waals surface area contributed by atoms with Gasteiger partial charge in [0.2, 0.25) is 11.0 Å². The van der Waals surface area contributed by atoms with Crippen LogP contribution in [0.15, 0.2) is 12.1 Å². The Kier molecular flexibility index (Phi) is 4.95. The van der Waals surface area contributed by atoms with Crippen molar-refractivity contribution in [2.24, 2.45) is 5.92 Å². The molecule has 1 fully saturated rings. The summed E-state index contributed by atoms with van der Waals surface area (Å²) in [7, 11) is 1.38. The van der Waals surface area contributed by atoms with Gasteiger partial charge < -0.3 is 9.47 Å². The number of hydrogen-bond acceptors (Lipinski definition) is 6. The molecule has 1 aliphatic rings. The Morgan fingerprint density at radius 1 is 1.38 bits per heavy atom. The minimum absolute atomic E-state index is 0.0732. The lowest BCUT2D eigenvalue weighted by Gasteiger charge is -2.27. The average molecular weight is 315 g/mol. The van der Waals surface area contributed by atoms with Crippen molar-refractivity contribution in [1.29, 1.82) is 0 Å². The lowest BCUT2D eigenvalue weighted by molar-refractivity contribution is -0.385. The van der Waals surface area contributed by atoms with Crippen molar-refractivity contribution in [3.05, 3.63) is 27.4 Å². The molecular weight excluding hydrogens is 300 g/mol. The van der Waals surface area contributed by atoms with Crippen LogP contribution in [0.1, 0.15) is 25.7 Å². The fourth-order valence-electron chi connectivity index (χ4n) is 2.37. The number of hydrogen-bond donors (Lipinski definition) is 0. The SMILES string of the molecule is COC(=O)[C@H]1CC[C@H](Oc2ccc([N+](=O)[O-])c(Cl)n2)CC1. The maximum atomic E-state index is 11.4. The fraction of sp³-hybridized carbons (Fsp3) is 0.538. The first kappa shape index (κ1) is 15.5. The van der Waals surface area contributed by atoms with Crippen LogP contribution in [0.4, 0.5) is 5.69 Å². The van der Waals surface area contributed by atoms with Gasteiger partial charge >= 0.3 is 11.7 Å². The van der Waals surface area contributed by atoms with Crippen LogP contribution in [0.2, 0.25) is 5.15 Å². The fourth-order valence-corrected chi connectivity index (χ4v) is 2.58. The van der Waals surface area contributed by atoms with Gasteiger partial charge in [-0.2, -0.15) is 4.98 Å². The Morgan fingerprint density at radius 3 is 2.57 bits per heavy atom. The van der Waals surface area contributed by atoms with E-state index in [0.29, 0.717) is 25.7 Å². The summed E-state index contributed by atoms with van der Waals surface area (Å²) >= 11 is 5.73. The second-order valence-electron chi connectivity index (χ2n) is 4.83. The molecule has 0 aromatic carbocycles. The number of carbonyl (C=O) groups is 1. The number of nitrogens with zero attached hydrogens (tertiary/aromatic N) is 2. The smallest absolute Gasteiger partial charge is 0.308 e. The van der Waals surface area contributed by atoms with E-state index in [4.69, 9.17) is 21.1 Å². The number of pyridine rings is 1. The van der Waals surface area contributed by atoms with Crippen LogP contribution >= 0.6 is 11.6 Å². The summed E-state index contributed by atoms with van der Waals surface area (Å²) in [6.45, 7) is 0. The number of esters is 1. The van der Waals surface area contributed by atoms with Crippen molar-refractivity contribution in [3.8, 4) is 5.88 Å². The predicted octanol–water partition coefficient (Wildman–Crippen LogP) is 2.75. The van der Waals surface area contributed by atoms with Crippen LogP contribution in [-0.2, 0) is 9.53 Å². The summed E-state index contributed by atoms with van der Waals surface area (Å²) < 4.78 is 10.4. The second kappa shape index (κ2) is 6.71. The van der Waals surface area contributed by atoms with E-state index in [1.54, 1.807) is 0 Å². The van der Waals surface area contributed by atoms with Crippen molar-refractivity contribution in [3.63, 3.8) is 0 Å². The van der Waals surface area contributed by atoms with E-state index in [1.807, 2.05) is 0 Å². The zero-order valence-corrected chi connectivity index (χ0v) is 12.2. The van der Waals surface area contributed by atoms with Crippen molar-refractivity contribution in [2.75, 3.05) is 7.11 Å². The highest BCUT2D eigenvalue weighted by atomic mass is 35.5. The summed E-state index contributed by atoms with van der Waals surface area (Å²) in [5.74, 6) is -0.0136. The monoisotopic (exact) mass is 314 g/mol. The molecule has 0 amide bonds. The van der Waals surface area contributed by atoms with Crippen molar-refractivity contribution in [1.82, 2.24) is 4.98 Å². The summed E-state index contributed by atoms with van der Waals surface area (Å²) in [4.78, 5) is 25.3. The quantitative estimate of drug-likeness (QED) is 0.367. The predicted molar refractivity (Wildman–Crippen MR) is 74.3 cm³/mol. The van der Waals surface area contributed by atoms with E-state index < -0.39 is 4.92 Å². The minimum Gasteiger partial charge on any atom is -0.474 e. The van der Waals surface area contributed by atoms with Gasteiger partial charge in [0.15, 0.2) is 0 Å². The Hall–Kier alpha value is -1.89. The third kappa shape index (κ3) is 3.81. The second-order valence-corrected chi connectivity index (χ2v) is 5.19. The van der Waals surface area contributed by atoms with E-state index in [-0.39, 0.29) is 34.7 Å². The number of nitro groups is 1. The molecule has 0 saturated heterocycles. The van der Waals surface area contributed by atoms with Gasteiger partial charge in [0.05, 0.1) is 18.0 Å².